The zero-order valence-electron chi connectivity index (χ0n) is 11.8. The van der Waals surface area contributed by atoms with Crippen LogP contribution in [0.25, 0.3) is 0 Å². The van der Waals surface area contributed by atoms with Gasteiger partial charge in [0.15, 0.2) is 0 Å². The Morgan fingerprint density at radius 1 is 1.48 bits per heavy atom. The van der Waals surface area contributed by atoms with E-state index in [1.807, 2.05) is 12.3 Å². The molecule has 0 aliphatic heterocycles. The van der Waals surface area contributed by atoms with Crippen LogP contribution in [0.4, 0.5) is 5.69 Å². The van der Waals surface area contributed by atoms with Crippen LogP contribution in [0.5, 0.6) is 0 Å². The Balaban J connectivity index is 1.93. The standard InChI is InChI=1S/C14H18N4O3/c1-21-14(20)11-4-2-5-12(8-11)15-9-13-10-18(17-16-13)6-3-7-19/h2,4-5,8,10,15,19H,3,6-7,9H2,1H3. The second-order valence-corrected chi connectivity index (χ2v) is 4.48. The number of aryl methyl sites for hydroxylation is 1. The summed E-state index contributed by atoms with van der Waals surface area (Å²) in [5.41, 5.74) is 2.09. The number of rotatable bonds is 7. The summed E-state index contributed by atoms with van der Waals surface area (Å²) >= 11 is 0. The molecule has 1 heterocycles. The monoisotopic (exact) mass is 290 g/mol. The molecule has 7 heteroatoms. The molecule has 0 fully saturated rings. The largest absolute Gasteiger partial charge is 0.465 e. The molecule has 0 radical (unpaired) electrons. The molecule has 2 rings (SSSR count). The average Bonchev–Trinajstić information content (AvgIpc) is 2.98. The van der Waals surface area contributed by atoms with Crippen LogP contribution in [-0.4, -0.2) is 39.8 Å². The summed E-state index contributed by atoms with van der Waals surface area (Å²) in [6.07, 6.45) is 2.48. The van der Waals surface area contributed by atoms with E-state index in [0.717, 1.165) is 11.4 Å². The predicted octanol–water partition coefficient (Wildman–Crippen LogP) is 1.06. The lowest BCUT2D eigenvalue weighted by Crippen LogP contribution is -2.04. The van der Waals surface area contributed by atoms with E-state index in [4.69, 9.17) is 5.11 Å². The Morgan fingerprint density at radius 3 is 3.10 bits per heavy atom. The van der Waals surface area contributed by atoms with Crippen LogP contribution in [-0.2, 0) is 17.8 Å². The molecule has 0 aliphatic carbocycles. The molecule has 7 nitrogen and oxygen atoms in total. The Bertz CT molecular complexity index is 597. The molecule has 0 bridgehead atoms. The Kier molecular flexibility index (Phi) is 5.28. The first-order valence-electron chi connectivity index (χ1n) is 6.65. The van der Waals surface area contributed by atoms with Gasteiger partial charge in [0.25, 0.3) is 0 Å². The van der Waals surface area contributed by atoms with Crippen molar-refractivity contribution in [3.8, 4) is 0 Å². The third kappa shape index (κ3) is 4.28. The van der Waals surface area contributed by atoms with Gasteiger partial charge in [0.2, 0.25) is 0 Å². The second kappa shape index (κ2) is 7.39. The molecule has 0 saturated carbocycles. The van der Waals surface area contributed by atoms with Gasteiger partial charge < -0.3 is 15.2 Å². The fourth-order valence-corrected chi connectivity index (χ4v) is 1.83. The van der Waals surface area contributed by atoms with Gasteiger partial charge in [-0.25, -0.2) is 4.79 Å². The summed E-state index contributed by atoms with van der Waals surface area (Å²) in [5, 5.41) is 19.9. The van der Waals surface area contributed by atoms with Crippen molar-refractivity contribution in [2.24, 2.45) is 0 Å². The second-order valence-electron chi connectivity index (χ2n) is 4.48. The number of nitrogens with zero attached hydrogens (tertiary/aromatic N) is 3. The molecule has 112 valence electrons. The molecule has 0 aliphatic rings. The van der Waals surface area contributed by atoms with Crippen molar-refractivity contribution in [3.05, 3.63) is 41.7 Å². The first kappa shape index (κ1) is 15.0. The van der Waals surface area contributed by atoms with Crippen molar-refractivity contribution in [2.45, 2.75) is 19.5 Å². The number of aliphatic hydroxyl groups is 1. The van der Waals surface area contributed by atoms with Gasteiger partial charge in [-0.3, -0.25) is 4.68 Å². The zero-order valence-corrected chi connectivity index (χ0v) is 11.8. The summed E-state index contributed by atoms with van der Waals surface area (Å²) in [6.45, 7) is 1.28. The summed E-state index contributed by atoms with van der Waals surface area (Å²) in [4.78, 5) is 11.4. The van der Waals surface area contributed by atoms with E-state index in [2.05, 4.69) is 20.4 Å². The van der Waals surface area contributed by atoms with Gasteiger partial charge in [-0.15, -0.1) is 5.10 Å². The van der Waals surface area contributed by atoms with E-state index >= 15 is 0 Å². The van der Waals surface area contributed by atoms with Crippen molar-refractivity contribution in [3.63, 3.8) is 0 Å². The summed E-state index contributed by atoms with van der Waals surface area (Å²) < 4.78 is 6.37. The summed E-state index contributed by atoms with van der Waals surface area (Å²) in [6, 6.07) is 7.07. The molecule has 0 spiro atoms. The van der Waals surface area contributed by atoms with E-state index < -0.39 is 0 Å². The van der Waals surface area contributed by atoms with Crippen LogP contribution in [0.3, 0.4) is 0 Å². The van der Waals surface area contributed by atoms with Crippen LogP contribution in [0.1, 0.15) is 22.5 Å². The highest BCUT2D eigenvalue weighted by atomic mass is 16.5. The number of hydrogen-bond donors (Lipinski definition) is 2. The van der Waals surface area contributed by atoms with Crippen LogP contribution < -0.4 is 5.32 Å². The Morgan fingerprint density at radius 2 is 2.33 bits per heavy atom. The van der Waals surface area contributed by atoms with Gasteiger partial charge in [-0.1, -0.05) is 11.3 Å². The van der Waals surface area contributed by atoms with Crippen molar-refractivity contribution in [1.29, 1.82) is 0 Å². The van der Waals surface area contributed by atoms with Crippen molar-refractivity contribution in [2.75, 3.05) is 19.0 Å². The maximum absolute atomic E-state index is 11.4. The quantitative estimate of drug-likeness (QED) is 0.741. The summed E-state index contributed by atoms with van der Waals surface area (Å²) in [7, 11) is 1.35. The van der Waals surface area contributed by atoms with Gasteiger partial charge in [0.1, 0.15) is 5.69 Å². The molecular formula is C14H18N4O3. The Hall–Kier alpha value is -2.41. The number of esters is 1. The van der Waals surface area contributed by atoms with Crippen molar-refractivity contribution in [1.82, 2.24) is 15.0 Å². The predicted molar refractivity (Wildman–Crippen MR) is 76.8 cm³/mol. The SMILES string of the molecule is COC(=O)c1cccc(NCc2cn(CCCO)nn2)c1. The molecular weight excluding hydrogens is 272 g/mol. The molecule has 0 unspecified atom stereocenters. The number of ether oxygens (including phenoxy) is 1. The number of benzene rings is 1. The number of carbonyl (C=O) groups is 1. The maximum atomic E-state index is 11.4. The first-order valence-corrected chi connectivity index (χ1v) is 6.65. The highest BCUT2D eigenvalue weighted by molar-refractivity contribution is 5.90. The van der Waals surface area contributed by atoms with E-state index in [1.54, 1.807) is 22.9 Å². The van der Waals surface area contributed by atoms with E-state index in [9.17, 15) is 4.79 Å². The van der Waals surface area contributed by atoms with E-state index in [0.29, 0.717) is 25.1 Å². The lowest BCUT2D eigenvalue weighted by Gasteiger charge is -2.05. The van der Waals surface area contributed by atoms with Gasteiger partial charge in [0, 0.05) is 18.8 Å². The number of nitrogens with one attached hydrogen (secondary N) is 1. The fraction of sp³-hybridized carbons (Fsp3) is 0.357. The lowest BCUT2D eigenvalue weighted by molar-refractivity contribution is 0.0601. The fourth-order valence-electron chi connectivity index (χ4n) is 1.83. The smallest absolute Gasteiger partial charge is 0.337 e. The third-order valence-electron chi connectivity index (χ3n) is 2.89. The molecule has 0 amide bonds. The Labute approximate surface area is 122 Å². The number of aliphatic hydroxyl groups excluding tert-OH is 1. The highest BCUT2D eigenvalue weighted by Crippen LogP contribution is 2.12. The minimum Gasteiger partial charge on any atom is -0.465 e. The topological polar surface area (TPSA) is 89.3 Å². The number of methoxy groups -OCH3 is 1. The molecule has 1 aromatic carbocycles. The molecule has 0 saturated heterocycles. The average molecular weight is 290 g/mol. The molecule has 2 N–H and O–H groups in total. The third-order valence-corrected chi connectivity index (χ3v) is 2.89. The first-order chi connectivity index (χ1) is 10.2. The van der Waals surface area contributed by atoms with Crippen LogP contribution in [0.2, 0.25) is 0 Å². The number of aromatic nitrogens is 3. The van der Waals surface area contributed by atoms with Crippen molar-refractivity contribution < 1.29 is 14.6 Å². The zero-order chi connectivity index (χ0) is 15.1. The normalized spacial score (nSPS) is 10.4. The number of carbonyl (C=O) groups excluding carboxylic acids is 1. The molecule has 1 aromatic heterocycles. The summed E-state index contributed by atoms with van der Waals surface area (Å²) in [5.74, 6) is -0.367. The molecule has 2 aromatic rings. The lowest BCUT2D eigenvalue weighted by atomic mass is 10.2. The highest BCUT2D eigenvalue weighted by Gasteiger charge is 2.06. The van der Waals surface area contributed by atoms with Crippen LogP contribution >= 0.6 is 0 Å². The number of anilines is 1. The van der Waals surface area contributed by atoms with Gasteiger partial charge in [-0.2, -0.15) is 0 Å². The number of hydrogen-bond acceptors (Lipinski definition) is 6. The van der Waals surface area contributed by atoms with Crippen LogP contribution in [0, 0.1) is 0 Å². The van der Waals surface area contributed by atoms with Crippen LogP contribution in [0.15, 0.2) is 30.5 Å². The maximum Gasteiger partial charge on any atom is 0.337 e. The minimum absolute atomic E-state index is 0.133. The minimum atomic E-state index is -0.367. The van der Waals surface area contributed by atoms with E-state index in [1.165, 1.54) is 7.11 Å². The van der Waals surface area contributed by atoms with Crippen molar-refractivity contribution >= 4 is 11.7 Å². The van der Waals surface area contributed by atoms with Gasteiger partial charge in [-0.05, 0) is 24.6 Å². The van der Waals surface area contributed by atoms with Gasteiger partial charge >= 0.3 is 5.97 Å². The molecule has 21 heavy (non-hydrogen) atoms. The van der Waals surface area contributed by atoms with Gasteiger partial charge in [0.05, 0.1) is 25.4 Å². The molecule has 0 atom stereocenters. The van der Waals surface area contributed by atoms with E-state index in [-0.39, 0.29) is 12.6 Å².